The van der Waals surface area contributed by atoms with Crippen molar-refractivity contribution in [3.05, 3.63) is 59.8 Å². The highest BCUT2D eigenvalue weighted by molar-refractivity contribution is 5.81. The van der Waals surface area contributed by atoms with Gasteiger partial charge in [0.2, 0.25) is 5.95 Å². The second-order valence-electron chi connectivity index (χ2n) is 6.92. The first-order valence-electron chi connectivity index (χ1n) is 8.18. The molecule has 24 heavy (non-hydrogen) atoms. The van der Waals surface area contributed by atoms with Crippen LogP contribution in [-0.2, 0) is 11.8 Å². The third-order valence-electron chi connectivity index (χ3n) is 4.03. The van der Waals surface area contributed by atoms with Gasteiger partial charge in [-0.25, -0.2) is 9.97 Å². The molecule has 0 radical (unpaired) electrons. The molecule has 0 saturated carbocycles. The monoisotopic (exact) mass is 321 g/mol. The standard InChI is InChI=1S/C20H23N3O/c1-20(2,3)14-8-10-15(11-9-14)24-13-12-18-16-6-4-5-7-17(16)22-19(21)23-18/h4-11H,12-13H2,1-3H3,(H2,21,22,23). The molecule has 0 aliphatic rings. The van der Waals surface area contributed by atoms with E-state index < -0.39 is 0 Å². The molecular formula is C20H23N3O. The number of para-hydroxylation sites is 1. The zero-order chi connectivity index (χ0) is 17.2. The predicted octanol–water partition coefficient (Wildman–Crippen LogP) is 4.13. The lowest BCUT2D eigenvalue weighted by atomic mass is 9.87. The number of nitrogen functional groups attached to an aromatic ring is 1. The molecular weight excluding hydrogens is 298 g/mol. The van der Waals surface area contributed by atoms with Crippen LogP contribution in [0.1, 0.15) is 32.0 Å². The van der Waals surface area contributed by atoms with Crippen LogP contribution in [0.5, 0.6) is 5.75 Å². The van der Waals surface area contributed by atoms with Gasteiger partial charge in [0.05, 0.1) is 17.8 Å². The summed E-state index contributed by atoms with van der Waals surface area (Å²) in [6.45, 7) is 7.16. The summed E-state index contributed by atoms with van der Waals surface area (Å²) in [6.07, 6.45) is 0.689. The molecule has 124 valence electrons. The van der Waals surface area contributed by atoms with Gasteiger partial charge in [-0.3, -0.25) is 0 Å². The summed E-state index contributed by atoms with van der Waals surface area (Å²) in [5, 5.41) is 1.03. The lowest BCUT2D eigenvalue weighted by Gasteiger charge is -2.19. The average molecular weight is 321 g/mol. The molecule has 0 bridgehead atoms. The zero-order valence-corrected chi connectivity index (χ0v) is 14.4. The summed E-state index contributed by atoms with van der Waals surface area (Å²) in [5.41, 5.74) is 9.04. The van der Waals surface area contributed by atoms with Crippen molar-refractivity contribution in [3.63, 3.8) is 0 Å². The van der Waals surface area contributed by atoms with E-state index in [-0.39, 0.29) is 5.41 Å². The van der Waals surface area contributed by atoms with Crippen molar-refractivity contribution in [3.8, 4) is 5.75 Å². The van der Waals surface area contributed by atoms with Crippen molar-refractivity contribution in [2.45, 2.75) is 32.6 Å². The van der Waals surface area contributed by atoms with Gasteiger partial charge in [0.25, 0.3) is 0 Å². The van der Waals surface area contributed by atoms with E-state index in [4.69, 9.17) is 10.5 Å². The molecule has 0 amide bonds. The lowest BCUT2D eigenvalue weighted by molar-refractivity contribution is 0.321. The number of rotatable bonds is 4. The van der Waals surface area contributed by atoms with Crippen molar-refractivity contribution in [2.75, 3.05) is 12.3 Å². The molecule has 3 aromatic rings. The van der Waals surface area contributed by atoms with Crippen molar-refractivity contribution >= 4 is 16.9 Å². The van der Waals surface area contributed by atoms with Crippen molar-refractivity contribution in [1.29, 1.82) is 0 Å². The van der Waals surface area contributed by atoms with Crippen LogP contribution in [0.3, 0.4) is 0 Å². The molecule has 4 nitrogen and oxygen atoms in total. The number of hydrogen-bond donors (Lipinski definition) is 1. The summed E-state index contributed by atoms with van der Waals surface area (Å²) in [6, 6.07) is 16.2. The predicted molar refractivity (Wildman–Crippen MR) is 98.3 cm³/mol. The number of benzene rings is 2. The molecule has 0 aliphatic carbocycles. The Morgan fingerprint density at radius 2 is 1.67 bits per heavy atom. The molecule has 2 N–H and O–H groups in total. The van der Waals surface area contributed by atoms with Crippen molar-refractivity contribution in [1.82, 2.24) is 9.97 Å². The average Bonchev–Trinajstić information content (AvgIpc) is 2.54. The molecule has 3 rings (SSSR count). The molecule has 2 aromatic carbocycles. The maximum absolute atomic E-state index is 5.87. The minimum atomic E-state index is 0.149. The van der Waals surface area contributed by atoms with Gasteiger partial charge in [0.1, 0.15) is 5.75 Å². The Balaban J connectivity index is 1.69. The van der Waals surface area contributed by atoms with Gasteiger partial charge in [-0.15, -0.1) is 0 Å². The Labute approximate surface area is 142 Å². The topological polar surface area (TPSA) is 61.0 Å². The molecule has 4 heteroatoms. The third-order valence-corrected chi connectivity index (χ3v) is 4.03. The van der Waals surface area contributed by atoms with E-state index in [9.17, 15) is 0 Å². The van der Waals surface area contributed by atoms with Gasteiger partial charge >= 0.3 is 0 Å². The first-order valence-corrected chi connectivity index (χ1v) is 8.18. The molecule has 1 heterocycles. The minimum Gasteiger partial charge on any atom is -0.493 e. The van der Waals surface area contributed by atoms with E-state index in [0.717, 1.165) is 22.3 Å². The number of fused-ring (bicyclic) bond motifs is 1. The lowest BCUT2D eigenvalue weighted by Crippen LogP contribution is -2.11. The Hall–Kier alpha value is -2.62. The maximum Gasteiger partial charge on any atom is 0.220 e. The van der Waals surface area contributed by atoms with E-state index in [2.05, 4.69) is 42.9 Å². The van der Waals surface area contributed by atoms with E-state index in [1.165, 1.54) is 5.56 Å². The van der Waals surface area contributed by atoms with Gasteiger partial charge in [0, 0.05) is 11.8 Å². The number of hydrogen-bond acceptors (Lipinski definition) is 4. The molecule has 1 aromatic heterocycles. The quantitative estimate of drug-likeness (QED) is 0.785. The number of aromatic nitrogens is 2. The summed E-state index contributed by atoms with van der Waals surface area (Å²) < 4.78 is 5.87. The van der Waals surface area contributed by atoms with Crippen LogP contribution in [0.25, 0.3) is 10.9 Å². The van der Waals surface area contributed by atoms with Crippen LogP contribution in [0.2, 0.25) is 0 Å². The number of anilines is 1. The van der Waals surface area contributed by atoms with Gasteiger partial charge in [0.15, 0.2) is 0 Å². The van der Waals surface area contributed by atoms with Crippen LogP contribution < -0.4 is 10.5 Å². The van der Waals surface area contributed by atoms with Crippen LogP contribution in [0.4, 0.5) is 5.95 Å². The Bertz CT molecular complexity index is 836. The Morgan fingerprint density at radius 1 is 0.958 bits per heavy atom. The van der Waals surface area contributed by atoms with E-state index in [1.807, 2.05) is 36.4 Å². The fraction of sp³-hybridized carbons (Fsp3) is 0.300. The molecule has 0 atom stereocenters. The number of nitrogens with two attached hydrogens (primary N) is 1. The second-order valence-corrected chi connectivity index (χ2v) is 6.92. The molecule has 0 saturated heterocycles. The molecule has 0 fully saturated rings. The molecule has 0 spiro atoms. The highest BCUT2D eigenvalue weighted by Gasteiger charge is 2.13. The third kappa shape index (κ3) is 3.65. The van der Waals surface area contributed by atoms with Crippen molar-refractivity contribution < 1.29 is 4.74 Å². The highest BCUT2D eigenvalue weighted by atomic mass is 16.5. The van der Waals surface area contributed by atoms with Gasteiger partial charge < -0.3 is 10.5 Å². The van der Waals surface area contributed by atoms with E-state index in [1.54, 1.807) is 0 Å². The molecule has 0 aliphatic heterocycles. The smallest absolute Gasteiger partial charge is 0.220 e. The largest absolute Gasteiger partial charge is 0.493 e. The fourth-order valence-corrected chi connectivity index (χ4v) is 2.67. The second kappa shape index (κ2) is 6.48. The van der Waals surface area contributed by atoms with E-state index >= 15 is 0 Å². The number of nitrogens with zero attached hydrogens (tertiary/aromatic N) is 2. The normalized spacial score (nSPS) is 11.6. The highest BCUT2D eigenvalue weighted by Crippen LogP contribution is 2.24. The van der Waals surface area contributed by atoms with Crippen LogP contribution >= 0.6 is 0 Å². The van der Waals surface area contributed by atoms with Gasteiger partial charge in [-0.05, 0) is 29.2 Å². The first kappa shape index (κ1) is 16.2. The zero-order valence-electron chi connectivity index (χ0n) is 14.4. The Kier molecular flexibility index (Phi) is 4.38. The Morgan fingerprint density at radius 3 is 2.38 bits per heavy atom. The summed E-state index contributed by atoms with van der Waals surface area (Å²) in [5.74, 6) is 1.17. The van der Waals surface area contributed by atoms with E-state index in [0.29, 0.717) is 19.0 Å². The number of ether oxygens (including phenoxy) is 1. The fourth-order valence-electron chi connectivity index (χ4n) is 2.67. The molecule has 0 unspecified atom stereocenters. The summed E-state index contributed by atoms with van der Waals surface area (Å²) in [4.78, 5) is 8.63. The minimum absolute atomic E-state index is 0.149. The summed E-state index contributed by atoms with van der Waals surface area (Å²) in [7, 11) is 0. The van der Waals surface area contributed by atoms with Gasteiger partial charge in [-0.2, -0.15) is 0 Å². The van der Waals surface area contributed by atoms with Crippen LogP contribution in [-0.4, -0.2) is 16.6 Å². The van der Waals surface area contributed by atoms with Crippen LogP contribution in [0.15, 0.2) is 48.5 Å². The summed E-state index contributed by atoms with van der Waals surface area (Å²) >= 11 is 0. The first-order chi connectivity index (χ1) is 11.4. The SMILES string of the molecule is CC(C)(C)c1ccc(OCCc2nc(N)nc3ccccc23)cc1. The maximum atomic E-state index is 5.87. The van der Waals surface area contributed by atoms with Gasteiger partial charge in [-0.1, -0.05) is 51.1 Å². The van der Waals surface area contributed by atoms with Crippen molar-refractivity contribution in [2.24, 2.45) is 0 Å². The van der Waals surface area contributed by atoms with Crippen LogP contribution in [0, 0.1) is 0 Å².